The second kappa shape index (κ2) is 7.07. The van der Waals surface area contributed by atoms with Gasteiger partial charge in [0, 0.05) is 11.4 Å². The van der Waals surface area contributed by atoms with Gasteiger partial charge in [-0.3, -0.25) is 0 Å². The quantitative estimate of drug-likeness (QED) is 0.668. The summed E-state index contributed by atoms with van der Waals surface area (Å²) in [6.45, 7) is 4.07. The third kappa shape index (κ3) is 3.84. The lowest BCUT2D eigenvalue weighted by Crippen LogP contribution is -2.11. The average Bonchev–Trinajstić information content (AvgIpc) is 2.94. The van der Waals surface area contributed by atoms with Crippen LogP contribution >= 0.6 is 23.1 Å². The Kier molecular flexibility index (Phi) is 4.91. The second-order valence-electron chi connectivity index (χ2n) is 4.79. The van der Waals surface area contributed by atoms with Gasteiger partial charge in [0.05, 0.1) is 16.0 Å². The van der Waals surface area contributed by atoms with Gasteiger partial charge < -0.3 is 5.32 Å². The fraction of sp³-hybridized carbons (Fsp3) is 0.235. The first-order chi connectivity index (χ1) is 10.3. The maximum Gasteiger partial charge on any atom is 0.104 e. The van der Waals surface area contributed by atoms with E-state index in [4.69, 9.17) is 0 Å². The largest absolute Gasteiger partial charge is 0.313 e. The fourth-order valence-corrected chi connectivity index (χ4v) is 4.08. The molecule has 0 aliphatic rings. The zero-order chi connectivity index (χ0) is 14.5. The predicted octanol–water partition coefficient (Wildman–Crippen LogP) is 4.70. The molecule has 1 aromatic heterocycles. The molecule has 21 heavy (non-hydrogen) atoms. The van der Waals surface area contributed by atoms with Crippen LogP contribution in [0.2, 0.25) is 0 Å². The van der Waals surface area contributed by atoms with Crippen molar-refractivity contribution in [2.24, 2.45) is 0 Å². The smallest absolute Gasteiger partial charge is 0.104 e. The molecule has 1 N–H and O–H groups in total. The maximum atomic E-state index is 4.69. The van der Waals surface area contributed by atoms with Gasteiger partial charge in [-0.05, 0) is 36.4 Å². The normalized spacial score (nSPS) is 11.1. The van der Waals surface area contributed by atoms with Crippen molar-refractivity contribution >= 4 is 33.3 Å². The first-order valence-electron chi connectivity index (χ1n) is 7.12. The SMILES string of the molecule is CCNCc1cccc(SCc2nc3ccccc3s2)c1. The number of hydrogen-bond donors (Lipinski definition) is 1. The Bertz CT molecular complexity index is 688. The van der Waals surface area contributed by atoms with Gasteiger partial charge in [-0.2, -0.15) is 0 Å². The van der Waals surface area contributed by atoms with E-state index in [1.165, 1.54) is 20.2 Å². The minimum atomic E-state index is 0.935. The number of fused-ring (bicyclic) bond motifs is 1. The molecule has 0 fully saturated rings. The van der Waals surface area contributed by atoms with E-state index in [2.05, 4.69) is 59.7 Å². The maximum absolute atomic E-state index is 4.69. The lowest BCUT2D eigenvalue weighted by molar-refractivity contribution is 0.725. The van der Waals surface area contributed by atoms with Gasteiger partial charge in [0.15, 0.2) is 0 Å². The van der Waals surface area contributed by atoms with E-state index in [9.17, 15) is 0 Å². The van der Waals surface area contributed by atoms with Gasteiger partial charge in [0.25, 0.3) is 0 Å². The molecule has 0 amide bonds. The molecule has 1 heterocycles. The number of thioether (sulfide) groups is 1. The fourth-order valence-electron chi connectivity index (χ4n) is 2.14. The van der Waals surface area contributed by atoms with Crippen molar-refractivity contribution < 1.29 is 0 Å². The number of hydrogen-bond acceptors (Lipinski definition) is 4. The highest BCUT2D eigenvalue weighted by Crippen LogP contribution is 2.28. The summed E-state index contributed by atoms with van der Waals surface area (Å²) in [5, 5.41) is 4.56. The van der Waals surface area contributed by atoms with Crippen LogP contribution in [0.3, 0.4) is 0 Å². The summed E-state index contributed by atoms with van der Waals surface area (Å²) >= 11 is 3.65. The topological polar surface area (TPSA) is 24.9 Å². The summed E-state index contributed by atoms with van der Waals surface area (Å²) in [7, 11) is 0. The van der Waals surface area contributed by atoms with Crippen molar-refractivity contribution in [1.29, 1.82) is 0 Å². The second-order valence-corrected chi connectivity index (χ2v) is 6.96. The van der Waals surface area contributed by atoms with Gasteiger partial charge in [0.1, 0.15) is 5.01 Å². The first kappa shape index (κ1) is 14.6. The number of thiazole rings is 1. The molecule has 0 radical (unpaired) electrons. The summed E-state index contributed by atoms with van der Waals surface area (Å²) in [4.78, 5) is 6.00. The Labute approximate surface area is 133 Å². The highest BCUT2D eigenvalue weighted by Gasteiger charge is 2.04. The average molecular weight is 314 g/mol. The number of nitrogens with one attached hydrogen (secondary N) is 1. The van der Waals surface area contributed by atoms with Crippen LogP contribution < -0.4 is 5.32 Å². The monoisotopic (exact) mass is 314 g/mol. The van der Waals surface area contributed by atoms with E-state index < -0.39 is 0 Å². The molecule has 4 heteroatoms. The minimum Gasteiger partial charge on any atom is -0.313 e. The molecular formula is C17H18N2S2. The van der Waals surface area contributed by atoms with Crippen LogP contribution in [-0.4, -0.2) is 11.5 Å². The molecule has 3 aromatic rings. The minimum absolute atomic E-state index is 0.935. The Balaban J connectivity index is 1.66. The molecule has 0 bridgehead atoms. The van der Waals surface area contributed by atoms with Crippen molar-refractivity contribution in [3.8, 4) is 0 Å². The van der Waals surface area contributed by atoms with Crippen molar-refractivity contribution in [2.45, 2.75) is 24.1 Å². The summed E-state index contributed by atoms with van der Waals surface area (Å²) in [5.74, 6) is 0.935. The van der Waals surface area contributed by atoms with Crippen LogP contribution in [0.15, 0.2) is 53.4 Å². The lowest BCUT2D eigenvalue weighted by Gasteiger charge is -2.04. The van der Waals surface area contributed by atoms with Crippen molar-refractivity contribution in [2.75, 3.05) is 6.54 Å². The van der Waals surface area contributed by atoms with Gasteiger partial charge in [-0.25, -0.2) is 4.98 Å². The standard InChI is InChI=1S/C17H18N2S2/c1-2-18-11-13-6-5-7-14(10-13)20-12-17-19-15-8-3-4-9-16(15)21-17/h3-10,18H,2,11-12H2,1H3. The van der Waals surface area contributed by atoms with E-state index in [1.807, 2.05) is 17.8 Å². The number of benzene rings is 2. The number of nitrogens with zero attached hydrogens (tertiary/aromatic N) is 1. The Morgan fingerprint density at radius 3 is 2.90 bits per heavy atom. The van der Waals surface area contributed by atoms with Crippen LogP contribution in [0.1, 0.15) is 17.5 Å². The molecule has 108 valence electrons. The summed E-state index contributed by atoms with van der Waals surface area (Å²) < 4.78 is 1.27. The number of rotatable bonds is 6. The van der Waals surface area contributed by atoms with E-state index >= 15 is 0 Å². The van der Waals surface area contributed by atoms with Crippen LogP contribution in [0.4, 0.5) is 0 Å². The van der Waals surface area contributed by atoms with Crippen molar-refractivity contribution in [3.05, 3.63) is 59.1 Å². The molecule has 2 aromatic carbocycles. The van der Waals surface area contributed by atoms with Crippen molar-refractivity contribution in [3.63, 3.8) is 0 Å². The third-order valence-electron chi connectivity index (χ3n) is 3.18. The molecule has 0 spiro atoms. The Morgan fingerprint density at radius 1 is 1.14 bits per heavy atom. The Hall–Kier alpha value is -1.36. The van der Waals surface area contributed by atoms with Gasteiger partial charge in [-0.1, -0.05) is 31.2 Å². The lowest BCUT2D eigenvalue weighted by atomic mass is 10.2. The van der Waals surface area contributed by atoms with Crippen LogP contribution in [0.5, 0.6) is 0 Å². The Morgan fingerprint density at radius 2 is 2.05 bits per heavy atom. The first-order valence-corrected chi connectivity index (χ1v) is 8.92. The molecule has 0 unspecified atom stereocenters. The van der Waals surface area contributed by atoms with E-state index in [1.54, 1.807) is 11.3 Å². The molecule has 0 saturated heterocycles. The highest BCUT2D eigenvalue weighted by molar-refractivity contribution is 7.98. The molecular weight excluding hydrogens is 296 g/mol. The zero-order valence-corrected chi connectivity index (χ0v) is 13.6. The molecule has 3 rings (SSSR count). The van der Waals surface area contributed by atoms with Crippen LogP contribution in [0, 0.1) is 0 Å². The van der Waals surface area contributed by atoms with E-state index in [-0.39, 0.29) is 0 Å². The molecule has 0 aliphatic carbocycles. The number of para-hydroxylation sites is 1. The summed E-state index contributed by atoms with van der Waals surface area (Å²) in [5.41, 5.74) is 2.45. The van der Waals surface area contributed by atoms with Gasteiger partial charge >= 0.3 is 0 Å². The van der Waals surface area contributed by atoms with Crippen molar-refractivity contribution in [1.82, 2.24) is 10.3 Å². The molecule has 0 aliphatic heterocycles. The third-order valence-corrected chi connectivity index (χ3v) is 5.40. The predicted molar refractivity (Wildman–Crippen MR) is 93.0 cm³/mol. The van der Waals surface area contributed by atoms with Crippen LogP contribution in [0.25, 0.3) is 10.2 Å². The summed E-state index contributed by atoms with van der Waals surface area (Å²) in [6, 6.07) is 17.1. The highest BCUT2D eigenvalue weighted by atomic mass is 32.2. The molecule has 0 saturated carbocycles. The summed E-state index contributed by atoms with van der Waals surface area (Å²) in [6.07, 6.45) is 0. The van der Waals surface area contributed by atoms with E-state index in [0.29, 0.717) is 0 Å². The molecule has 0 atom stereocenters. The van der Waals surface area contributed by atoms with Crippen LogP contribution in [-0.2, 0) is 12.3 Å². The van der Waals surface area contributed by atoms with Gasteiger partial charge in [0.2, 0.25) is 0 Å². The van der Waals surface area contributed by atoms with E-state index in [0.717, 1.165) is 24.4 Å². The number of aromatic nitrogens is 1. The van der Waals surface area contributed by atoms with Gasteiger partial charge in [-0.15, -0.1) is 23.1 Å². The zero-order valence-electron chi connectivity index (χ0n) is 12.0. The molecule has 2 nitrogen and oxygen atoms in total.